The number of carbonyl (C=O) groups excluding carboxylic acids is 2. The summed E-state index contributed by atoms with van der Waals surface area (Å²) in [6.07, 6.45) is 5.36. The highest BCUT2D eigenvalue weighted by molar-refractivity contribution is 7.89. The topological polar surface area (TPSA) is 140 Å². The molecular weight excluding hydrogens is 932 g/mol. The Hall–Kier alpha value is -2.96. The minimum absolute atomic E-state index is 0.00164. The smallest absolute Gasteiger partial charge is 0.244 e. The van der Waals surface area contributed by atoms with Gasteiger partial charge in [0.25, 0.3) is 0 Å². The van der Waals surface area contributed by atoms with Gasteiger partial charge in [-0.05, 0) is 92.4 Å². The molecule has 0 bridgehead atoms. The molecule has 12 nitrogen and oxygen atoms in total. The summed E-state index contributed by atoms with van der Waals surface area (Å²) in [7, 11) is -1.89. The van der Waals surface area contributed by atoms with Gasteiger partial charge in [-0.2, -0.15) is 8.61 Å². The first-order valence-corrected chi connectivity index (χ1v) is 24.9. The van der Waals surface area contributed by atoms with Crippen molar-refractivity contribution in [3.05, 3.63) is 126 Å². The summed E-state index contributed by atoms with van der Waals surface area (Å²) in [6, 6.07) is 20.2. The van der Waals surface area contributed by atoms with E-state index in [1.165, 1.54) is 32.9 Å². The monoisotopic (exact) mass is 983 g/mol. The van der Waals surface area contributed by atoms with E-state index in [1.807, 2.05) is 49.3 Å². The lowest BCUT2D eigenvalue weighted by Gasteiger charge is -2.26. The van der Waals surface area contributed by atoms with Crippen molar-refractivity contribution in [2.45, 2.75) is 74.7 Å². The Morgan fingerprint density at radius 2 is 1.03 bits per heavy atom. The zero-order valence-corrected chi connectivity index (χ0v) is 40.2. The average molecular weight is 986 g/mol. The Morgan fingerprint density at radius 3 is 1.48 bits per heavy atom. The number of hydrogen-bond acceptors (Lipinski definition) is 10. The zero-order chi connectivity index (χ0) is 45.7. The largest absolute Gasteiger partial charge is 0.380 e. The number of sulfonamides is 2. The molecule has 0 radical (unpaired) electrons. The maximum atomic E-state index is 13.0. The van der Waals surface area contributed by atoms with Crippen LogP contribution in [0.2, 0.25) is 20.1 Å². The molecule has 2 aliphatic heterocycles. The van der Waals surface area contributed by atoms with E-state index < -0.39 is 20.0 Å². The van der Waals surface area contributed by atoms with E-state index in [1.54, 1.807) is 25.3 Å². The summed E-state index contributed by atoms with van der Waals surface area (Å²) in [6.45, 7) is 2.82. The van der Waals surface area contributed by atoms with E-state index in [2.05, 4.69) is 0 Å². The fraction of sp³-hybridized carbons (Fsp3) is 0.422. The molecule has 2 saturated heterocycles. The number of ether oxygens (including phenoxy) is 3. The molecule has 63 heavy (non-hydrogen) atoms. The van der Waals surface area contributed by atoms with E-state index in [0.29, 0.717) is 65.1 Å². The highest BCUT2D eigenvalue weighted by Crippen LogP contribution is 2.34. The summed E-state index contributed by atoms with van der Waals surface area (Å²) in [5, 5.41) is 0.747. The van der Waals surface area contributed by atoms with Crippen LogP contribution in [0, 0.1) is 0 Å². The van der Waals surface area contributed by atoms with Gasteiger partial charge in [0.2, 0.25) is 20.0 Å². The van der Waals surface area contributed by atoms with Crippen LogP contribution in [-0.2, 0) is 60.6 Å². The number of ketones is 2. The van der Waals surface area contributed by atoms with Crippen LogP contribution in [0.3, 0.4) is 0 Å². The molecule has 18 heteroatoms. The van der Waals surface area contributed by atoms with Gasteiger partial charge in [0.15, 0.2) is 11.6 Å². The van der Waals surface area contributed by atoms with Crippen molar-refractivity contribution < 1.29 is 40.6 Å². The fourth-order valence-electron chi connectivity index (χ4n) is 7.08. The van der Waals surface area contributed by atoms with Gasteiger partial charge in [-0.15, -0.1) is 0 Å². The zero-order valence-electron chi connectivity index (χ0n) is 35.6. The minimum atomic E-state index is -3.72. The van der Waals surface area contributed by atoms with Crippen LogP contribution in [0.25, 0.3) is 0 Å². The first-order chi connectivity index (χ1) is 30.0. The highest BCUT2D eigenvalue weighted by Gasteiger charge is 2.30. The van der Waals surface area contributed by atoms with Crippen LogP contribution in [0.5, 0.6) is 0 Å². The van der Waals surface area contributed by atoms with Gasteiger partial charge < -0.3 is 19.1 Å². The lowest BCUT2D eigenvalue weighted by Crippen LogP contribution is -2.35. The predicted molar refractivity (Wildman–Crippen MR) is 247 cm³/mol. The third-order valence-electron chi connectivity index (χ3n) is 10.4. The Balaban J connectivity index is 0.000000238. The number of halogens is 4. The molecule has 0 amide bonds. The highest BCUT2D eigenvalue weighted by atomic mass is 35.5. The normalized spacial score (nSPS) is 15.2. The van der Waals surface area contributed by atoms with Crippen LogP contribution >= 0.6 is 46.4 Å². The van der Waals surface area contributed by atoms with Crippen LogP contribution < -0.4 is 0 Å². The number of piperidine rings is 2. The Bertz CT molecular complexity index is 2420. The molecular formula is C45H53Cl4N3O9S2. The van der Waals surface area contributed by atoms with Crippen molar-refractivity contribution in [1.82, 2.24) is 13.5 Å². The van der Waals surface area contributed by atoms with E-state index in [0.717, 1.165) is 56.2 Å². The minimum Gasteiger partial charge on any atom is -0.380 e. The van der Waals surface area contributed by atoms with Crippen LogP contribution in [0.1, 0.15) is 81.5 Å². The van der Waals surface area contributed by atoms with E-state index >= 15 is 0 Å². The van der Waals surface area contributed by atoms with Gasteiger partial charge in [-0.1, -0.05) is 102 Å². The van der Waals surface area contributed by atoms with E-state index in [4.69, 9.17) is 60.6 Å². The summed E-state index contributed by atoms with van der Waals surface area (Å²) in [5.74, 6) is -0.341. The first kappa shape index (κ1) is 51.0. The molecule has 0 aromatic heterocycles. The number of methoxy groups -OCH3 is 1. The predicted octanol–water partition coefficient (Wildman–Crippen LogP) is 9.34. The van der Waals surface area contributed by atoms with Crippen molar-refractivity contribution >= 4 is 78.0 Å². The third kappa shape index (κ3) is 14.3. The molecule has 2 fully saturated rings. The van der Waals surface area contributed by atoms with Gasteiger partial charge in [-0.3, -0.25) is 9.59 Å². The number of rotatable bonds is 18. The lowest BCUT2D eigenvalue weighted by atomic mass is 10.1. The van der Waals surface area contributed by atoms with Gasteiger partial charge in [0.05, 0.1) is 29.9 Å². The maximum absolute atomic E-state index is 13.0. The second kappa shape index (κ2) is 24.0. The molecule has 0 aliphatic carbocycles. The second-order valence-corrected chi connectivity index (χ2v) is 21.0. The summed E-state index contributed by atoms with van der Waals surface area (Å²) >= 11 is 25.0. The van der Waals surface area contributed by atoms with Crippen molar-refractivity contribution in [2.75, 3.05) is 60.6 Å². The van der Waals surface area contributed by atoms with Crippen LogP contribution in [-0.4, -0.2) is 103 Å². The molecule has 6 rings (SSSR count). The van der Waals surface area contributed by atoms with E-state index in [-0.39, 0.29) is 57.8 Å². The molecule has 0 N–H and O–H groups in total. The van der Waals surface area contributed by atoms with Crippen LogP contribution in [0.4, 0.5) is 0 Å². The number of carbonyl (C=O) groups is 2. The van der Waals surface area contributed by atoms with E-state index in [9.17, 15) is 26.4 Å². The van der Waals surface area contributed by atoms with Crippen molar-refractivity contribution in [2.24, 2.45) is 0 Å². The standard InChI is InChI=1S/C23H28Cl2N2O4S.C22H25Cl2NO5S/c1-26(2)14-17-7-6-8-18(11-17)22(28)16-31-15-19-12-23(21(25)13-20(19)24)32(29,30)27-9-4-3-5-10-27;1-29-13-16-5-7-17(8-6-16)21(26)15-30-14-18-11-22(20(24)12-19(18)23)31(27,28)25-9-3-2-4-10-25/h6-8,11-13H,3-5,9-10,14-16H2,1-2H3;5-8,11-12H,2-4,9-10,13-15H2,1H3. The Morgan fingerprint density at radius 1 is 0.571 bits per heavy atom. The number of hydrogen-bond donors (Lipinski definition) is 0. The number of nitrogens with zero attached hydrogens (tertiary/aromatic N) is 3. The first-order valence-electron chi connectivity index (χ1n) is 20.5. The quantitative estimate of drug-likeness (QED) is 0.0887. The summed E-state index contributed by atoms with van der Waals surface area (Å²) in [4.78, 5) is 27.0. The molecule has 0 spiro atoms. The van der Waals surface area contributed by atoms with Gasteiger partial charge in [0.1, 0.15) is 23.0 Å². The van der Waals surface area contributed by atoms with Crippen molar-refractivity contribution in [1.29, 1.82) is 0 Å². The summed E-state index contributed by atoms with van der Waals surface area (Å²) in [5.41, 5.74) is 4.03. The van der Waals surface area contributed by atoms with Gasteiger partial charge in [0, 0.05) is 61.0 Å². The molecule has 0 saturated carbocycles. The van der Waals surface area contributed by atoms with Crippen molar-refractivity contribution in [3.63, 3.8) is 0 Å². The molecule has 4 aromatic carbocycles. The molecule has 0 unspecified atom stereocenters. The van der Waals surface area contributed by atoms with Gasteiger partial charge in [-0.25, -0.2) is 16.8 Å². The molecule has 2 aliphatic rings. The molecule has 0 atom stereocenters. The third-order valence-corrected chi connectivity index (χ3v) is 15.8. The molecule has 2 heterocycles. The van der Waals surface area contributed by atoms with Crippen LogP contribution in [0.15, 0.2) is 82.6 Å². The van der Waals surface area contributed by atoms with Crippen molar-refractivity contribution in [3.8, 4) is 0 Å². The fourth-order valence-corrected chi connectivity index (χ4v) is 11.8. The molecule has 342 valence electrons. The number of Topliss-reactive ketones (excluding diaryl/α,β-unsaturated/α-hetero) is 2. The molecule has 4 aromatic rings. The maximum Gasteiger partial charge on any atom is 0.244 e. The Labute approximate surface area is 391 Å². The number of benzene rings is 4. The average Bonchev–Trinajstić information content (AvgIpc) is 3.26. The lowest BCUT2D eigenvalue weighted by molar-refractivity contribution is 0.0722. The Kier molecular flexibility index (Phi) is 19.4. The van der Waals surface area contributed by atoms with Gasteiger partial charge >= 0.3 is 0 Å². The second-order valence-electron chi connectivity index (χ2n) is 15.6. The summed E-state index contributed by atoms with van der Waals surface area (Å²) < 4.78 is 71.2. The SMILES string of the molecule is CN(C)Cc1cccc(C(=O)COCc2cc(S(=O)(=O)N3CCCCC3)c(Cl)cc2Cl)c1.COCc1ccc(C(=O)COCc2cc(S(=O)(=O)N3CCCCC3)c(Cl)cc2Cl)cc1.